The Bertz CT molecular complexity index is 527. The fourth-order valence-corrected chi connectivity index (χ4v) is 2.63. The predicted molar refractivity (Wildman–Crippen MR) is 61.6 cm³/mol. The van der Waals surface area contributed by atoms with Gasteiger partial charge in [-0.1, -0.05) is 18.2 Å². The van der Waals surface area contributed by atoms with Crippen LogP contribution in [-0.2, 0) is 15.3 Å². The van der Waals surface area contributed by atoms with Crippen LogP contribution in [0.2, 0.25) is 0 Å². The summed E-state index contributed by atoms with van der Waals surface area (Å²) in [5, 5.41) is 10.8. The summed E-state index contributed by atoms with van der Waals surface area (Å²) >= 11 is 0. The van der Waals surface area contributed by atoms with Crippen LogP contribution >= 0.6 is 0 Å². The minimum atomic E-state index is -1.37. The smallest absolute Gasteiger partial charge is 0.306 e. The molecule has 0 bridgehead atoms. The van der Waals surface area contributed by atoms with E-state index in [-0.39, 0.29) is 37.9 Å². The molecule has 1 N–H and O–H groups in total. The molecule has 1 amide bonds. The molecular weight excluding hydrogens is 234 g/mol. The van der Waals surface area contributed by atoms with Gasteiger partial charge in [-0.25, -0.2) is 0 Å². The fraction of sp³-hybridized carbons (Fsp3) is 0.385. The van der Waals surface area contributed by atoms with Crippen LogP contribution in [-0.4, -0.2) is 35.0 Å². The maximum absolute atomic E-state index is 12.2. The van der Waals surface area contributed by atoms with Crippen LogP contribution in [0.4, 0.5) is 0 Å². The number of cyclic esters (lactones) is 1. The molecule has 1 saturated heterocycles. The summed E-state index contributed by atoms with van der Waals surface area (Å²) in [4.78, 5) is 24.9. The van der Waals surface area contributed by atoms with Crippen molar-refractivity contribution in [3.05, 3.63) is 35.4 Å². The first-order valence-corrected chi connectivity index (χ1v) is 5.92. The van der Waals surface area contributed by atoms with Gasteiger partial charge < -0.3 is 14.7 Å². The molecule has 0 radical (unpaired) electrons. The second-order valence-corrected chi connectivity index (χ2v) is 4.54. The van der Waals surface area contributed by atoms with Crippen molar-refractivity contribution >= 4 is 11.9 Å². The zero-order valence-corrected chi connectivity index (χ0v) is 9.76. The highest BCUT2D eigenvalue weighted by atomic mass is 16.5. The second kappa shape index (κ2) is 3.81. The van der Waals surface area contributed by atoms with Gasteiger partial charge in [0.2, 0.25) is 0 Å². The van der Waals surface area contributed by atoms with Crippen LogP contribution in [0.15, 0.2) is 24.3 Å². The quantitative estimate of drug-likeness (QED) is 0.683. The van der Waals surface area contributed by atoms with E-state index in [2.05, 4.69) is 0 Å². The first-order valence-electron chi connectivity index (χ1n) is 5.92. The van der Waals surface area contributed by atoms with Gasteiger partial charge in [-0.2, -0.15) is 0 Å². The zero-order valence-electron chi connectivity index (χ0n) is 9.76. The van der Waals surface area contributed by atoms with E-state index in [1.165, 1.54) is 4.90 Å². The first-order chi connectivity index (χ1) is 8.63. The number of ether oxygens (including phenoxy) is 1. The largest absolute Gasteiger partial charge is 0.464 e. The number of carbonyl (C=O) groups is 2. The topological polar surface area (TPSA) is 66.8 Å². The molecule has 1 atom stereocenters. The Labute approximate surface area is 104 Å². The predicted octanol–water partition coefficient (Wildman–Crippen LogP) is 0.625. The second-order valence-electron chi connectivity index (χ2n) is 4.54. The third-order valence-corrected chi connectivity index (χ3v) is 3.54. The molecule has 2 aliphatic rings. The van der Waals surface area contributed by atoms with Gasteiger partial charge in [-0.3, -0.25) is 9.59 Å². The highest BCUT2D eigenvalue weighted by Gasteiger charge is 2.48. The molecule has 2 aliphatic heterocycles. The summed E-state index contributed by atoms with van der Waals surface area (Å²) in [5.41, 5.74) is -0.272. The lowest BCUT2D eigenvalue weighted by molar-refractivity contribution is -0.157. The summed E-state index contributed by atoms with van der Waals surface area (Å²) in [5.74, 6) is -0.536. The van der Waals surface area contributed by atoms with Gasteiger partial charge in [0.1, 0.15) is 6.61 Å². The number of amides is 1. The Kier molecular flexibility index (Phi) is 2.38. The Morgan fingerprint density at radius 2 is 2.06 bits per heavy atom. The van der Waals surface area contributed by atoms with Gasteiger partial charge >= 0.3 is 5.97 Å². The van der Waals surface area contributed by atoms with Crippen molar-refractivity contribution in [3.8, 4) is 0 Å². The van der Waals surface area contributed by atoms with Crippen molar-refractivity contribution < 1.29 is 19.4 Å². The fourth-order valence-electron chi connectivity index (χ4n) is 2.63. The third-order valence-electron chi connectivity index (χ3n) is 3.54. The zero-order chi connectivity index (χ0) is 12.8. The number of hydrogen-bond donors (Lipinski definition) is 1. The van der Waals surface area contributed by atoms with E-state index in [0.29, 0.717) is 11.1 Å². The van der Waals surface area contributed by atoms with Gasteiger partial charge in [-0.05, 0) is 6.07 Å². The van der Waals surface area contributed by atoms with Gasteiger partial charge in [0.05, 0.1) is 13.0 Å². The summed E-state index contributed by atoms with van der Waals surface area (Å²) in [6.07, 6.45) is 0.281. The molecule has 94 valence electrons. The number of benzene rings is 1. The number of nitrogens with zero attached hydrogens (tertiary/aromatic N) is 1. The Balaban J connectivity index is 2.07. The molecular formula is C13H13NO4. The lowest BCUT2D eigenvalue weighted by Crippen LogP contribution is -2.47. The van der Waals surface area contributed by atoms with Crippen molar-refractivity contribution in [3.63, 3.8) is 0 Å². The van der Waals surface area contributed by atoms with Crippen LogP contribution in [0.3, 0.4) is 0 Å². The maximum atomic E-state index is 12.2. The van der Waals surface area contributed by atoms with E-state index in [9.17, 15) is 14.7 Å². The molecule has 1 aromatic carbocycles. The number of carbonyl (C=O) groups excluding carboxylic acids is 2. The molecule has 0 aromatic heterocycles. The molecule has 2 heterocycles. The Hall–Kier alpha value is -1.88. The van der Waals surface area contributed by atoms with E-state index in [1.807, 2.05) is 0 Å². The Morgan fingerprint density at radius 3 is 2.89 bits per heavy atom. The maximum Gasteiger partial charge on any atom is 0.306 e. The van der Waals surface area contributed by atoms with E-state index >= 15 is 0 Å². The van der Waals surface area contributed by atoms with Gasteiger partial charge in [-0.15, -0.1) is 0 Å². The summed E-state index contributed by atoms with van der Waals surface area (Å²) in [7, 11) is 0. The van der Waals surface area contributed by atoms with E-state index in [4.69, 9.17) is 4.74 Å². The van der Waals surface area contributed by atoms with Gasteiger partial charge in [0.15, 0.2) is 5.72 Å². The van der Waals surface area contributed by atoms with Crippen molar-refractivity contribution in [1.82, 2.24) is 4.90 Å². The normalized spacial score (nSPS) is 27.1. The van der Waals surface area contributed by atoms with Crippen LogP contribution in [0.25, 0.3) is 0 Å². The van der Waals surface area contributed by atoms with Crippen molar-refractivity contribution in [1.29, 1.82) is 0 Å². The summed E-state index contributed by atoms with van der Waals surface area (Å²) in [6, 6.07) is 6.98. The molecule has 1 fully saturated rings. The minimum Gasteiger partial charge on any atom is -0.464 e. The Morgan fingerprint density at radius 1 is 1.28 bits per heavy atom. The SMILES string of the molecule is O=C1CCC2(O)c3ccccc3C(=O)N2CCO1. The monoisotopic (exact) mass is 247 g/mol. The van der Waals surface area contributed by atoms with Gasteiger partial charge in [0, 0.05) is 17.5 Å². The molecule has 5 heteroatoms. The summed E-state index contributed by atoms with van der Waals surface area (Å²) in [6.45, 7) is 0.344. The molecule has 1 aromatic rings. The average Bonchev–Trinajstić information content (AvgIpc) is 2.57. The van der Waals surface area contributed by atoms with E-state index in [0.717, 1.165) is 0 Å². The highest BCUT2D eigenvalue weighted by Crippen LogP contribution is 2.40. The first kappa shape index (κ1) is 11.2. The lowest BCUT2D eigenvalue weighted by Gasteiger charge is -2.35. The van der Waals surface area contributed by atoms with Crippen LogP contribution < -0.4 is 0 Å². The number of rotatable bonds is 0. The van der Waals surface area contributed by atoms with Crippen molar-refractivity contribution in [2.75, 3.05) is 13.2 Å². The van der Waals surface area contributed by atoms with Crippen LogP contribution in [0.1, 0.15) is 28.8 Å². The number of esters is 1. The van der Waals surface area contributed by atoms with E-state index < -0.39 is 5.72 Å². The molecule has 1 unspecified atom stereocenters. The highest BCUT2D eigenvalue weighted by molar-refractivity contribution is 5.99. The minimum absolute atomic E-state index is 0.106. The molecule has 0 spiro atoms. The molecule has 18 heavy (non-hydrogen) atoms. The van der Waals surface area contributed by atoms with Crippen LogP contribution in [0.5, 0.6) is 0 Å². The molecule has 0 saturated carbocycles. The van der Waals surface area contributed by atoms with E-state index in [1.54, 1.807) is 24.3 Å². The molecule has 5 nitrogen and oxygen atoms in total. The van der Waals surface area contributed by atoms with Gasteiger partial charge in [0.25, 0.3) is 5.91 Å². The van der Waals surface area contributed by atoms with Crippen molar-refractivity contribution in [2.24, 2.45) is 0 Å². The third kappa shape index (κ3) is 1.44. The van der Waals surface area contributed by atoms with Crippen LogP contribution in [0, 0.1) is 0 Å². The lowest BCUT2D eigenvalue weighted by atomic mass is 9.96. The number of hydrogen-bond acceptors (Lipinski definition) is 4. The summed E-state index contributed by atoms with van der Waals surface area (Å²) < 4.78 is 4.94. The average molecular weight is 247 g/mol. The van der Waals surface area contributed by atoms with Crippen molar-refractivity contribution in [2.45, 2.75) is 18.6 Å². The molecule has 0 aliphatic carbocycles. The molecule has 3 rings (SSSR count). The number of aliphatic hydroxyl groups is 1. The number of fused-ring (bicyclic) bond motifs is 3. The standard InChI is InChI=1S/C13H13NO4/c15-11-5-6-13(17)10-4-2-1-3-9(10)12(16)14(13)7-8-18-11/h1-4,17H,5-8H2.